The minimum atomic E-state index is -4.13. The molecule has 0 spiro atoms. The first-order valence-corrected chi connectivity index (χ1v) is 4.02. The number of hydrogen-bond donors (Lipinski definition) is 1. The predicted molar refractivity (Wildman–Crippen MR) is 41.0 cm³/mol. The largest absolute Gasteiger partial charge is 0.406 e. The van der Waals surface area contributed by atoms with Gasteiger partial charge in [0, 0.05) is 12.1 Å². The van der Waals surface area contributed by atoms with Crippen molar-refractivity contribution in [3.8, 4) is 0 Å². The van der Waals surface area contributed by atoms with Gasteiger partial charge in [-0.25, -0.2) is 0 Å². The molecule has 0 aromatic rings. The number of alkyl halides is 3. The fourth-order valence-corrected chi connectivity index (χ4v) is 1.07. The van der Waals surface area contributed by atoms with Crippen LogP contribution in [0.2, 0.25) is 0 Å². The molecule has 1 rings (SSSR count). The SMILES string of the molecule is FC(F)(F)C1(NC/C=C/Cl)CC1. The second kappa shape index (κ2) is 3.26. The normalized spacial score (nSPS) is 21.7. The predicted octanol–water partition coefficient (Wildman–Crippen LogP) is 2.42. The Bertz CT molecular complexity index is 184. The molecule has 70 valence electrons. The molecule has 1 aliphatic carbocycles. The number of hydrogen-bond acceptors (Lipinski definition) is 1. The van der Waals surface area contributed by atoms with Crippen molar-refractivity contribution in [3.05, 3.63) is 11.6 Å². The van der Waals surface area contributed by atoms with Crippen molar-refractivity contribution in [3.63, 3.8) is 0 Å². The molecule has 0 amide bonds. The van der Waals surface area contributed by atoms with Crippen LogP contribution >= 0.6 is 11.6 Å². The van der Waals surface area contributed by atoms with Gasteiger partial charge in [-0.2, -0.15) is 13.2 Å². The number of rotatable bonds is 3. The van der Waals surface area contributed by atoms with Gasteiger partial charge in [0.2, 0.25) is 0 Å². The van der Waals surface area contributed by atoms with Crippen molar-refractivity contribution < 1.29 is 13.2 Å². The summed E-state index contributed by atoms with van der Waals surface area (Å²) in [6.45, 7) is 0.170. The van der Waals surface area contributed by atoms with Gasteiger partial charge in [-0.05, 0) is 12.8 Å². The second-order valence-corrected chi connectivity index (χ2v) is 3.07. The van der Waals surface area contributed by atoms with Crippen LogP contribution in [0.3, 0.4) is 0 Å². The van der Waals surface area contributed by atoms with Crippen molar-refractivity contribution in [2.75, 3.05) is 6.54 Å². The lowest BCUT2D eigenvalue weighted by Gasteiger charge is -2.19. The smallest absolute Gasteiger partial charge is 0.300 e. The van der Waals surface area contributed by atoms with E-state index in [-0.39, 0.29) is 19.4 Å². The van der Waals surface area contributed by atoms with Crippen LogP contribution in [0, 0.1) is 0 Å². The lowest BCUT2D eigenvalue weighted by Crippen LogP contribution is -2.44. The zero-order valence-corrected chi connectivity index (χ0v) is 7.04. The maximum atomic E-state index is 12.2. The average Bonchev–Trinajstić information content (AvgIpc) is 2.67. The number of nitrogens with one attached hydrogen (secondary N) is 1. The summed E-state index contributed by atoms with van der Waals surface area (Å²) < 4.78 is 36.6. The van der Waals surface area contributed by atoms with Gasteiger partial charge in [-0.3, -0.25) is 0 Å². The first kappa shape index (κ1) is 9.86. The van der Waals surface area contributed by atoms with Crippen LogP contribution in [0.15, 0.2) is 11.6 Å². The van der Waals surface area contributed by atoms with Crippen molar-refractivity contribution in [2.45, 2.75) is 24.6 Å². The van der Waals surface area contributed by atoms with E-state index in [0.29, 0.717) is 0 Å². The summed E-state index contributed by atoms with van der Waals surface area (Å²) in [6.07, 6.45) is -2.33. The van der Waals surface area contributed by atoms with E-state index in [1.54, 1.807) is 0 Å². The Labute approximate surface area is 73.6 Å². The number of halogens is 4. The van der Waals surface area contributed by atoms with Crippen LogP contribution in [0.25, 0.3) is 0 Å². The highest BCUT2D eigenvalue weighted by atomic mass is 35.5. The highest BCUT2D eigenvalue weighted by molar-refractivity contribution is 6.25. The minimum absolute atomic E-state index is 0.170. The zero-order valence-electron chi connectivity index (χ0n) is 6.29. The average molecular weight is 200 g/mol. The standard InChI is InChI=1S/C7H9ClF3N/c8-4-1-5-12-6(2-3-6)7(9,10)11/h1,4,12H,2-3,5H2/b4-1+. The minimum Gasteiger partial charge on any atom is -0.300 e. The van der Waals surface area contributed by atoms with E-state index in [1.807, 2.05) is 0 Å². The molecule has 1 saturated carbocycles. The Morgan fingerprint density at radius 2 is 2.00 bits per heavy atom. The third-order valence-electron chi connectivity index (χ3n) is 1.94. The quantitative estimate of drug-likeness (QED) is 0.736. The summed E-state index contributed by atoms with van der Waals surface area (Å²) in [5, 5.41) is 2.41. The van der Waals surface area contributed by atoms with Gasteiger partial charge in [0.25, 0.3) is 0 Å². The van der Waals surface area contributed by atoms with Crippen molar-refractivity contribution in [1.82, 2.24) is 5.32 Å². The molecule has 1 aliphatic rings. The first-order chi connectivity index (χ1) is 5.52. The molecule has 0 bridgehead atoms. The van der Waals surface area contributed by atoms with Gasteiger partial charge in [0.15, 0.2) is 0 Å². The summed E-state index contributed by atoms with van der Waals surface area (Å²) in [7, 11) is 0. The summed E-state index contributed by atoms with van der Waals surface area (Å²) in [4.78, 5) is 0. The van der Waals surface area contributed by atoms with Gasteiger partial charge >= 0.3 is 6.18 Å². The van der Waals surface area contributed by atoms with Gasteiger partial charge in [0.1, 0.15) is 5.54 Å². The molecule has 0 saturated heterocycles. The van der Waals surface area contributed by atoms with E-state index in [1.165, 1.54) is 11.6 Å². The lowest BCUT2D eigenvalue weighted by molar-refractivity contribution is -0.165. The molecule has 0 aliphatic heterocycles. The van der Waals surface area contributed by atoms with Gasteiger partial charge < -0.3 is 5.32 Å². The molecule has 1 nitrogen and oxygen atoms in total. The third-order valence-corrected chi connectivity index (χ3v) is 2.12. The highest BCUT2D eigenvalue weighted by Crippen LogP contribution is 2.48. The van der Waals surface area contributed by atoms with Gasteiger partial charge in [0.05, 0.1) is 0 Å². The Kier molecular flexibility index (Phi) is 2.68. The molecule has 0 aromatic heterocycles. The monoisotopic (exact) mass is 199 g/mol. The Hall–Kier alpha value is -0.220. The van der Waals surface area contributed by atoms with Gasteiger partial charge in [-0.15, -0.1) is 0 Å². The first-order valence-electron chi connectivity index (χ1n) is 3.59. The van der Waals surface area contributed by atoms with E-state index in [4.69, 9.17) is 11.6 Å². The van der Waals surface area contributed by atoms with Crippen LogP contribution in [0.4, 0.5) is 13.2 Å². The fraction of sp³-hybridized carbons (Fsp3) is 0.714. The summed E-state index contributed by atoms with van der Waals surface area (Å²) in [5.41, 5.74) is -0.414. The molecule has 0 unspecified atom stereocenters. The van der Waals surface area contributed by atoms with Crippen molar-refractivity contribution in [1.29, 1.82) is 0 Å². The topological polar surface area (TPSA) is 12.0 Å². The Balaban J connectivity index is 2.40. The van der Waals surface area contributed by atoms with E-state index in [9.17, 15) is 13.2 Å². The Morgan fingerprint density at radius 1 is 1.42 bits per heavy atom. The van der Waals surface area contributed by atoms with E-state index >= 15 is 0 Å². The second-order valence-electron chi connectivity index (χ2n) is 2.82. The lowest BCUT2D eigenvalue weighted by atomic mass is 10.2. The molecule has 0 aromatic carbocycles. The molecular formula is C7H9ClF3N. The maximum Gasteiger partial charge on any atom is 0.406 e. The van der Waals surface area contributed by atoms with Crippen LogP contribution in [0.1, 0.15) is 12.8 Å². The van der Waals surface area contributed by atoms with Crippen LogP contribution in [0.5, 0.6) is 0 Å². The summed E-state index contributed by atoms with van der Waals surface area (Å²) in [5.74, 6) is 0. The van der Waals surface area contributed by atoms with Crippen LogP contribution < -0.4 is 5.32 Å². The maximum absolute atomic E-state index is 12.2. The third kappa shape index (κ3) is 1.93. The molecule has 0 radical (unpaired) electrons. The fourth-order valence-electron chi connectivity index (χ4n) is 0.984. The van der Waals surface area contributed by atoms with E-state index < -0.39 is 11.7 Å². The summed E-state index contributed by atoms with van der Waals surface area (Å²) >= 11 is 5.16. The van der Waals surface area contributed by atoms with Crippen molar-refractivity contribution >= 4 is 11.6 Å². The highest BCUT2D eigenvalue weighted by Gasteiger charge is 2.62. The zero-order chi connectivity index (χ0) is 9.24. The molecule has 1 fully saturated rings. The molecule has 0 atom stereocenters. The van der Waals surface area contributed by atoms with E-state index in [0.717, 1.165) is 0 Å². The molecule has 0 heterocycles. The molecule has 5 heteroatoms. The van der Waals surface area contributed by atoms with Crippen LogP contribution in [-0.4, -0.2) is 18.3 Å². The Morgan fingerprint density at radius 3 is 2.33 bits per heavy atom. The molecule has 12 heavy (non-hydrogen) atoms. The van der Waals surface area contributed by atoms with E-state index in [2.05, 4.69) is 5.32 Å². The summed E-state index contributed by atoms with van der Waals surface area (Å²) in [6, 6.07) is 0. The molecular weight excluding hydrogens is 191 g/mol. The van der Waals surface area contributed by atoms with Crippen LogP contribution in [-0.2, 0) is 0 Å². The molecule has 1 N–H and O–H groups in total. The van der Waals surface area contributed by atoms with Crippen molar-refractivity contribution in [2.24, 2.45) is 0 Å². The van der Waals surface area contributed by atoms with Gasteiger partial charge in [-0.1, -0.05) is 17.7 Å².